The van der Waals surface area contributed by atoms with Gasteiger partial charge in [0.05, 0.1) is 18.6 Å². The number of carbonyl (C=O) groups is 1. The molecule has 0 bridgehead atoms. The van der Waals surface area contributed by atoms with E-state index in [0.717, 1.165) is 11.3 Å². The predicted octanol–water partition coefficient (Wildman–Crippen LogP) is 4.45. The highest BCUT2D eigenvalue weighted by molar-refractivity contribution is 7.92. The Kier molecular flexibility index (Phi) is 6.05. The molecule has 1 amide bonds. The summed E-state index contributed by atoms with van der Waals surface area (Å²) in [6, 6.07) is 19.5. The van der Waals surface area contributed by atoms with Crippen LogP contribution in [0.15, 0.2) is 66.7 Å². The van der Waals surface area contributed by atoms with Crippen LogP contribution in [0.5, 0.6) is 17.2 Å². The van der Waals surface area contributed by atoms with Crippen molar-refractivity contribution in [3.05, 3.63) is 77.9 Å². The van der Waals surface area contributed by atoms with Gasteiger partial charge in [-0.3, -0.25) is 9.10 Å². The number of carbonyl (C=O) groups excluding carboxylic acids is 1. The van der Waals surface area contributed by atoms with E-state index in [-0.39, 0.29) is 5.91 Å². The third-order valence-corrected chi connectivity index (χ3v) is 6.26. The summed E-state index contributed by atoms with van der Waals surface area (Å²) < 4.78 is 36.4. The highest BCUT2D eigenvalue weighted by Crippen LogP contribution is 2.31. The summed E-state index contributed by atoms with van der Waals surface area (Å²) in [5.74, 6) is 1.86. The van der Waals surface area contributed by atoms with Gasteiger partial charge in [-0.15, -0.1) is 0 Å². The number of amides is 1. The minimum absolute atomic E-state index is 0.259. The molecule has 3 aromatic rings. The van der Waals surface area contributed by atoms with Crippen LogP contribution in [-0.4, -0.2) is 33.7 Å². The summed E-state index contributed by atoms with van der Waals surface area (Å²) in [5.41, 5.74) is 2.60. The van der Waals surface area contributed by atoms with E-state index in [9.17, 15) is 13.2 Å². The molecule has 1 aliphatic heterocycles. The van der Waals surface area contributed by atoms with E-state index in [2.05, 4.69) is 5.32 Å². The van der Waals surface area contributed by atoms with Crippen molar-refractivity contribution >= 4 is 27.3 Å². The number of rotatable bonds is 7. The number of ether oxygens (including phenoxy) is 2. The molecule has 1 heterocycles. The number of benzene rings is 3. The quantitative estimate of drug-likeness (QED) is 0.572. The van der Waals surface area contributed by atoms with E-state index in [1.165, 1.54) is 10.6 Å². The maximum absolute atomic E-state index is 12.7. The maximum atomic E-state index is 12.7. The Labute approximate surface area is 187 Å². The van der Waals surface area contributed by atoms with Crippen molar-refractivity contribution < 1.29 is 22.7 Å². The van der Waals surface area contributed by atoms with Gasteiger partial charge in [0, 0.05) is 17.8 Å². The highest BCUT2D eigenvalue weighted by Gasteiger charge is 2.26. The molecular formula is C24H24N2O5S. The molecule has 1 aliphatic rings. The first-order valence-corrected chi connectivity index (χ1v) is 12.1. The Morgan fingerprint density at radius 1 is 0.969 bits per heavy atom. The van der Waals surface area contributed by atoms with Crippen LogP contribution in [0, 0.1) is 0 Å². The Morgan fingerprint density at radius 2 is 1.59 bits per heavy atom. The van der Waals surface area contributed by atoms with E-state index in [4.69, 9.17) is 9.47 Å². The van der Waals surface area contributed by atoms with Crippen LogP contribution in [0.1, 0.15) is 22.8 Å². The predicted molar refractivity (Wildman–Crippen MR) is 124 cm³/mol. The fourth-order valence-corrected chi connectivity index (χ4v) is 4.53. The van der Waals surface area contributed by atoms with Gasteiger partial charge in [-0.2, -0.15) is 0 Å². The summed E-state index contributed by atoms with van der Waals surface area (Å²) in [7, 11) is -3.31. The second-order valence-electron chi connectivity index (χ2n) is 7.41. The SMILES string of the molecule is CCOc1ccc(Oc2ccc(NC(=O)c3ccc4c(c3)CCN4S(C)(=O)=O)cc2)cc1. The molecule has 0 unspecified atom stereocenters. The Balaban J connectivity index is 1.40. The van der Waals surface area contributed by atoms with Crippen LogP contribution in [0.2, 0.25) is 0 Å². The number of sulfonamides is 1. The Hall–Kier alpha value is -3.52. The molecule has 4 rings (SSSR count). The van der Waals surface area contributed by atoms with E-state index in [1.807, 2.05) is 31.2 Å². The number of hydrogen-bond acceptors (Lipinski definition) is 5. The van der Waals surface area contributed by atoms with Crippen molar-refractivity contribution in [3.8, 4) is 17.2 Å². The molecule has 0 saturated carbocycles. The maximum Gasteiger partial charge on any atom is 0.255 e. The lowest BCUT2D eigenvalue weighted by Gasteiger charge is -2.16. The van der Waals surface area contributed by atoms with Gasteiger partial charge >= 0.3 is 0 Å². The monoisotopic (exact) mass is 452 g/mol. The van der Waals surface area contributed by atoms with Crippen molar-refractivity contribution in [2.45, 2.75) is 13.3 Å². The van der Waals surface area contributed by atoms with Crippen LogP contribution < -0.4 is 19.1 Å². The zero-order valence-corrected chi connectivity index (χ0v) is 18.7. The second-order valence-corrected chi connectivity index (χ2v) is 9.32. The minimum atomic E-state index is -3.31. The molecule has 7 nitrogen and oxygen atoms in total. The van der Waals surface area contributed by atoms with Crippen LogP contribution in [-0.2, 0) is 16.4 Å². The molecule has 0 saturated heterocycles. The van der Waals surface area contributed by atoms with Crippen LogP contribution in [0.3, 0.4) is 0 Å². The fraction of sp³-hybridized carbons (Fsp3) is 0.208. The third-order valence-electron chi connectivity index (χ3n) is 5.08. The van der Waals surface area contributed by atoms with Gasteiger partial charge in [-0.05, 0) is 85.6 Å². The Morgan fingerprint density at radius 3 is 2.22 bits per heavy atom. The molecule has 0 atom stereocenters. The van der Waals surface area contributed by atoms with Gasteiger partial charge in [0.1, 0.15) is 17.2 Å². The first kappa shape index (κ1) is 21.7. The smallest absolute Gasteiger partial charge is 0.255 e. The molecule has 32 heavy (non-hydrogen) atoms. The number of nitrogens with zero attached hydrogens (tertiary/aromatic N) is 1. The summed E-state index contributed by atoms with van der Waals surface area (Å²) in [6.07, 6.45) is 1.77. The largest absolute Gasteiger partial charge is 0.494 e. The zero-order valence-electron chi connectivity index (χ0n) is 17.9. The number of fused-ring (bicyclic) bond motifs is 1. The summed E-state index contributed by atoms with van der Waals surface area (Å²) in [4.78, 5) is 12.7. The molecule has 0 radical (unpaired) electrons. The van der Waals surface area contributed by atoms with E-state index >= 15 is 0 Å². The lowest BCUT2D eigenvalue weighted by Crippen LogP contribution is -2.27. The lowest BCUT2D eigenvalue weighted by molar-refractivity contribution is 0.102. The minimum Gasteiger partial charge on any atom is -0.494 e. The molecule has 3 aromatic carbocycles. The zero-order chi connectivity index (χ0) is 22.7. The lowest BCUT2D eigenvalue weighted by atomic mass is 10.1. The van der Waals surface area contributed by atoms with Crippen molar-refractivity contribution in [2.24, 2.45) is 0 Å². The number of anilines is 2. The molecule has 1 N–H and O–H groups in total. The van der Waals surface area contributed by atoms with Gasteiger partial charge in [0.2, 0.25) is 10.0 Å². The molecule has 0 spiro atoms. The van der Waals surface area contributed by atoms with Gasteiger partial charge in [-0.25, -0.2) is 8.42 Å². The summed E-state index contributed by atoms with van der Waals surface area (Å²) in [5, 5.41) is 2.86. The fourth-order valence-electron chi connectivity index (χ4n) is 3.57. The molecule has 0 aliphatic carbocycles. The van der Waals surface area contributed by atoms with Crippen molar-refractivity contribution in [3.63, 3.8) is 0 Å². The van der Waals surface area contributed by atoms with E-state index < -0.39 is 10.0 Å². The van der Waals surface area contributed by atoms with E-state index in [0.29, 0.717) is 48.0 Å². The van der Waals surface area contributed by atoms with Crippen LogP contribution >= 0.6 is 0 Å². The normalized spacial score (nSPS) is 12.9. The van der Waals surface area contributed by atoms with Gasteiger partial charge in [-0.1, -0.05) is 0 Å². The molecule has 0 aromatic heterocycles. The summed E-state index contributed by atoms with van der Waals surface area (Å²) >= 11 is 0. The molecule has 0 fully saturated rings. The second kappa shape index (κ2) is 8.92. The number of nitrogens with one attached hydrogen (secondary N) is 1. The van der Waals surface area contributed by atoms with Crippen molar-refractivity contribution in [1.29, 1.82) is 0 Å². The van der Waals surface area contributed by atoms with Gasteiger partial charge < -0.3 is 14.8 Å². The van der Waals surface area contributed by atoms with Crippen LogP contribution in [0.4, 0.5) is 11.4 Å². The molecule has 166 valence electrons. The summed E-state index contributed by atoms with van der Waals surface area (Å²) in [6.45, 7) is 2.94. The van der Waals surface area contributed by atoms with Gasteiger partial charge in [0.25, 0.3) is 5.91 Å². The third kappa shape index (κ3) is 4.86. The topological polar surface area (TPSA) is 84.9 Å². The average Bonchev–Trinajstić information content (AvgIpc) is 3.20. The van der Waals surface area contributed by atoms with Gasteiger partial charge in [0.15, 0.2) is 0 Å². The van der Waals surface area contributed by atoms with Crippen molar-refractivity contribution in [1.82, 2.24) is 0 Å². The molecular weight excluding hydrogens is 428 g/mol. The molecule has 8 heteroatoms. The standard InChI is InChI=1S/C24H24N2O5S/c1-3-30-20-9-11-22(12-10-20)31-21-7-5-19(6-8-21)25-24(27)18-4-13-23-17(16-18)14-15-26(23)32(2,28)29/h4-13,16H,3,14-15H2,1-2H3,(H,25,27). The highest BCUT2D eigenvalue weighted by atomic mass is 32.2. The Bertz CT molecular complexity index is 1220. The van der Waals surface area contributed by atoms with E-state index in [1.54, 1.807) is 42.5 Å². The number of hydrogen-bond donors (Lipinski definition) is 1. The first-order chi connectivity index (χ1) is 15.3. The first-order valence-electron chi connectivity index (χ1n) is 10.3. The van der Waals surface area contributed by atoms with Crippen LogP contribution in [0.25, 0.3) is 0 Å². The average molecular weight is 453 g/mol. The van der Waals surface area contributed by atoms with Crippen molar-refractivity contribution in [2.75, 3.05) is 29.0 Å².